The number of benzene rings is 2. The van der Waals surface area contributed by atoms with E-state index < -0.39 is 5.91 Å². The van der Waals surface area contributed by atoms with Gasteiger partial charge >= 0.3 is 0 Å². The number of hydrogen-bond acceptors (Lipinski definition) is 5. The van der Waals surface area contributed by atoms with Crippen molar-refractivity contribution in [2.24, 2.45) is 0 Å². The van der Waals surface area contributed by atoms with E-state index in [1.165, 1.54) is 9.80 Å². The minimum Gasteiger partial charge on any atom is -0.325 e. The Kier molecular flexibility index (Phi) is 6.37. The summed E-state index contributed by atoms with van der Waals surface area (Å²) in [6.45, 7) is 6.28. The highest BCUT2D eigenvalue weighted by Crippen LogP contribution is 2.44. The van der Waals surface area contributed by atoms with Gasteiger partial charge in [0.1, 0.15) is 6.54 Å². The highest BCUT2D eigenvalue weighted by atomic mass is 32.2. The molecule has 170 valence electrons. The molecule has 0 radical (unpaired) electrons. The van der Waals surface area contributed by atoms with Crippen molar-refractivity contribution in [2.75, 3.05) is 23.3 Å². The average molecular weight is 463 g/mol. The summed E-state index contributed by atoms with van der Waals surface area (Å²) in [4.78, 5) is 42.4. The highest BCUT2D eigenvalue weighted by molar-refractivity contribution is 8.18. The Morgan fingerprint density at radius 2 is 1.79 bits per heavy atom. The zero-order valence-corrected chi connectivity index (χ0v) is 19.7. The fourth-order valence-electron chi connectivity index (χ4n) is 3.91. The lowest BCUT2D eigenvalue weighted by atomic mass is 10.1. The lowest BCUT2D eigenvalue weighted by molar-refractivity contribution is -0.122. The van der Waals surface area contributed by atoms with E-state index in [1.54, 1.807) is 24.3 Å². The van der Waals surface area contributed by atoms with E-state index in [4.69, 9.17) is 5.41 Å². The number of aryl methyl sites for hydroxylation is 2. The number of carbonyl (C=O) groups excluding carboxylic acids is 3. The molecule has 1 fully saturated rings. The van der Waals surface area contributed by atoms with Gasteiger partial charge in [-0.3, -0.25) is 29.6 Å². The SMILES string of the molecule is CCCCN1C(=N)S/C(=C2\C(=O)N(CC(=O)Nc3ccc(C)c(C)c3)c3ccccc32)C1=O. The van der Waals surface area contributed by atoms with Gasteiger partial charge in [-0.05, 0) is 61.4 Å². The normalized spacial score (nSPS) is 17.7. The maximum absolute atomic E-state index is 13.4. The van der Waals surface area contributed by atoms with Gasteiger partial charge < -0.3 is 5.32 Å². The Labute approximate surface area is 197 Å². The molecule has 8 heteroatoms. The molecule has 0 atom stereocenters. The van der Waals surface area contributed by atoms with Crippen LogP contribution < -0.4 is 10.2 Å². The smallest absolute Gasteiger partial charge is 0.267 e. The first-order valence-corrected chi connectivity index (χ1v) is 11.7. The third kappa shape index (κ3) is 4.30. The molecular weight excluding hydrogens is 436 g/mol. The van der Waals surface area contributed by atoms with Gasteiger partial charge in [-0.2, -0.15) is 0 Å². The third-order valence-corrected chi connectivity index (χ3v) is 6.86. The Morgan fingerprint density at radius 3 is 2.52 bits per heavy atom. The van der Waals surface area contributed by atoms with Crippen LogP contribution in [-0.4, -0.2) is 40.9 Å². The van der Waals surface area contributed by atoms with E-state index >= 15 is 0 Å². The van der Waals surface area contributed by atoms with Gasteiger partial charge in [-0.1, -0.05) is 37.6 Å². The predicted molar refractivity (Wildman–Crippen MR) is 132 cm³/mol. The molecule has 0 spiro atoms. The summed E-state index contributed by atoms with van der Waals surface area (Å²) < 4.78 is 0. The quantitative estimate of drug-likeness (QED) is 0.626. The van der Waals surface area contributed by atoms with Crippen LogP contribution in [0.2, 0.25) is 0 Å². The van der Waals surface area contributed by atoms with Crippen molar-refractivity contribution in [3.05, 3.63) is 64.1 Å². The summed E-state index contributed by atoms with van der Waals surface area (Å²) in [5, 5.41) is 11.2. The summed E-state index contributed by atoms with van der Waals surface area (Å²) in [5.41, 5.74) is 4.33. The van der Waals surface area contributed by atoms with E-state index in [0.717, 1.165) is 35.7 Å². The maximum Gasteiger partial charge on any atom is 0.267 e. The molecule has 3 amide bonds. The summed E-state index contributed by atoms with van der Waals surface area (Å²) in [7, 11) is 0. The molecule has 0 unspecified atom stereocenters. The van der Waals surface area contributed by atoms with Crippen LogP contribution >= 0.6 is 11.8 Å². The van der Waals surface area contributed by atoms with Crippen molar-refractivity contribution >= 4 is 51.6 Å². The van der Waals surface area contributed by atoms with Gasteiger partial charge in [0, 0.05) is 17.8 Å². The molecule has 2 aromatic rings. The van der Waals surface area contributed by atoms with Crippen molar-refractivity contribution in [1.82, 2.24) is 4.90 Å². The molecule has 7 nitrogen and oxygen atoms in total. The molecule has 2 aromatic carbocycles. The van der Waals surface area contributed by atoms with Crippen LogP contribution in [0.3, 0.4) is 0 Å². The van der Waals surface area contributed by atoms with Crippen molar-refractivity contribution in [1.29, 1.82) is 5.41 Å². The van der Waals surface area contributed by atoms with Crippen molar-refractivity contribution in [2.45, 2.75) is 33.6 Å². The lowest BCUT2D eigenvalue weighted by Crippen LogP contribution is -2.35. The standard InChI is InChI=1S/C25H26N4O3S/c1-4-5-12-28-24(32)22(33-25(28)26)21-18-8-6-7-9-19(18)29(23(21)31)14-20(30)27-17-11-10-15(2)16(3)13-17/h6-11,13,26H,4-5,12,14H2,1-3H3,(H,27,30)/b22-21-,26-25?. The fourth-order valence-corrected chi connectivity index (χ4v) is 4.88. The number of thioether (sulfide) groups is 1. The van der Waals surface area contributed by atoms with Crippen molar-refractivity contribution < 1.29 is 14.4 Å². The average Bonchev–Trinajstić information content (AvgIpc) is 3.21. The minimum absolute atomic E-state index is 0.132. The van der Waals surface area contributed by atoms with Gasteiger partial charge in [0.25, 0.3) is 11.8 Å². The molecule has 4 rings (SSSR count). The summed E-state index contributed by atoms with van der Waals surface area (Å²) in [6, 6.07) is 12.8. The highest BCUT2D eigenvalue weighted by Gasteiger charge is 2.42. The van der Waals surface area contributed by atoms with E-state index in [2.05, 4.69) is 5.32 Å². The van der Waals surface area contributed by atoms with Crippen LogP contribution in [0.1, 0.15) is 36.5 Å². The third-order valence-electron chi connectivity index (χ3n) is 5.86. The molecule has 0 bridgehead atoms. The molecule has 2 aliphatic heterocycles. The molecule has 2 N–H and O–H groups in total. The summed E-state index contributed by atoms with van der Waals surface area (Å²) >= 11 is 1.01. The largest absolute Gasteiger partial charge is 0.325 e. The zero-order valence-electron chi connectivity index (χ0n) is 18.9. The number of hydrogen-bond donors (Lipinski definition) is 2. The fraction of sp³-hybridized carbons (Fsp3) is 0.280. The minimum atomic E-state index is -0.396. The number of para-hydroxylation sites is 1. The van der Waals surface area contributed by atoms with Gasteiger partial charge in [0.2, 0.25) is 5.91 Å². The molecule has 0 aliphatic carbocycles. The molecule has 1 saturated heterocycles. The molecule has 2 heterocycles. The number of rotatable bonds is 6. The van der Waals surface area contributed by atoms with Gasteiger partial charge in [0.15, 0.2) is 5.17 Å². The summed E-state index contributed by atoms with van der Waals surface area (Å²) in [5.74, 6) is -1.04. The second kappa shape index (κ2) is 9.23. The number of unbranched alkanes of at least 4 members (excludes halogenated alkanes) is 1. The first-order chi connectivity index (χ1) is 15.8. The Morgan fingerprint density at radius 1 is 1.03 bits per heavy atom. The molecule has 0 saturated carbocycles. The van der Waals surface area contributed by atoms with Crippen LogP contribution in [0, 0.1) is 19.3 Å². The molecule has 0 aromatic heterocycles. The maximum atomic E-state index is 13.4. The Bertz CT molecular complexity index is 1200. The first-order valence-electron chi connectivity index (χ1n) is 10.9. The number of anilines is 2. The monoisotopic (exact) mass is 462 g/mol. The van der Waals surface area contributed by atoms with Crippen LogP contribution in [0.5, 0.6) is 0 Å². The zero-order chi connectivity index (χ0) is 23.7. The van der Waals surface area contributed by atoms with Crippen molar-refractivity contribution in [3.63, 3.8) is 0 Å². The lowest BCUT2D eigenvalue weighted by Gasteiger charge is -2.17. The Hall–Kier alpha value is -3.39. The molecule has 2 aliphatic rings. The van der Waals surface area contributed by atoms with Crippen LogP contribution in [0.15, 0.2) is 47.4 Å². The van der Waals surface area contributed by atoms with E-state index in [0.29, 0.717) is 23.5 Å². The number of nitrogens with zero attached hydrogens (tertiary/aromatic N) is 2. The van der Waals surface area contributed by atoms with Crippen LogP contribution in [-0.2, 0) is 14.4 Å². The van der Waals surface area contributed by atoms with Gasteiger partial charge in [0.05, 0.1) is 16.2 Å². The van der Waals surface area contributed by atoms with Crippen molar-refractivity contribution in [3.8, 4) is 0 Å². The number of amidine groups is 1. The topological polar surface area (TPSA) is 93.6 Å². The van der Waals surface area contributed by atoms with E-state index in [9.17, 15) is 14.4 Å². The first kappa shape index (κ1) is 22.8. The molecule has 33 heavy (non-hydrogen) atoms. The predicted octanol–water partition coefficient (Wildman–Crippen LogP) is 4.31. The second-order valence-electron chi connectivity index (χ2n) is 8.18. The number of nitrogens with one attached hydrogen (secondary N) is 2. The number of fused-ring (bicyclic) bond motifs is 1. The van der Waals surface area contributed by atoms with Crippen LogP contribution in [0.25, 0.3) is 5.57 Å². The van der Waals surface area contributed by atoms with Crippen LogP contribution in [0.4, 0.5) is 11.4 Å². The number of carbonyl (C=O) groups is 3. The van der Waals surface area contributed by atoms with Gasteiger partial charge in [-0.15, -0.1) is 0 Å². The Balaban J connectivity index is 1.62. The van der Waals surface area contributed by atoms with E-state index in [-0.39, 0.29) is 34.0 Å². The molecular formula is C25H26N4O3S. The summed E-state index contributed by atoms with van der Waals surface area (Å²) in [6.07, 6.45) is 1.69. The van der Waals surface area contributed by atoms with Gasteiger partial charge in [-0.25, -0.2) is 0 Å². The number of amides is 3. The van der Waals surface area contributed by atoms with E-state index in [1.807, 2.05) is 39.0 Å². The second-order valence-corrected chi connectivity index (χ2v) is 9.18.